The summed E-state index contributed by atoms with van der Waals surface area (Å²) in [5, 5.41) is 8.93. The lowest BCUT2D eigenvalue weighted by Crippen LogP contribution is -2.55. The molecule has 9 nitrogen and oxygen atoms in total. The van der Waals surface area contributed by atoms with E-state index in [1.807, 2.05) is 44.9 Å². The number of rotatable bonds is 4. The fourth-order valence-electron chi connectivity index (χ4n) is 5.08. The number of ether oxygens (including phenoxy) is 2. The summed E-state index contributed by atoms with van der Waals surface area (Å²) < 4.78 is 13.5. The minimum Gasteiger partial charge on any atom is -0.492 e. The second-order valence-corrected chi connectivity index (χ2v) is 10.9. The molecule has 1 saturated heterocycles. The van der Waals surface area contributed by atoms with E-state index in [-0.39, 0.29) is 12.1 Å². The quantitative estimate of drug-likeness (QED) is 0.595. The number of aromatic nitrogens is 3. The third-order valence-corrected chi connectivity index (χ3v) is 6.82. The van der Waals surface area contributed by atoms with Crippen molar-refractivity contribution >= 4 is 22.8 Å². The third-order valence-electron chi connectivity index (χ3n) is 6.82. The molecule has 0 saturated carbocycles. The Kier molecular flexibility index (Phi) is 6.51. The lowest BCUT2D eigenvalue weighted by molar-refractivity contribution is 0.0178. The second-order valence-electron chi connectivity index (χ2n) is 10.9. The Morgan fingerprint density at radius 2 is 2.06 bits per heavy atom. The predicted molar refractivity (Wildman–Crippen MR) is 140 cm³/mol. The van der Waals surface area contributed by atoms with Gasteiger partial charge in [-0.15, -0.1) is 0 Å². The highest BCUT2D eigenvalue weighted by molar-refractivity contribution is 5.89. The van der Waals surface area contributed by atoms with Crippen molar-refractivity contribution < 1.29 is 14.3 Å². The van der Waals surface area contributed by atoms with Crippen LogP contribution in [0, 0.1) is 0 Å². The van der Waals surface area contributed by atoms with E-state index >= 15 is 0 Å². The largest absolute Gasteiger partial charge is 0.492 e. The SMILES string of the molecule is C[C@H]1CN(c2ccnc3c2cnn3C)Cc2ccc(OC[C@@H]3CN(C(=O)OC(C)(C)C)CCN3)cc21. The standard InChI is InChI=1S/C27H36N6O3/c1-18-14-33(24-8-9-29-25-23(24)13-30-31(25)5)15-19-6-7-21(12-22(18)19)35-17-20-16-32(11-10-28-20)26(34)36-27(2,3)4/h6-9,12-13,18,20,28H,10-11,14-17H2,1-5H3/t18-,20-/m0/s1. The van der Waals surface area contributed by atoms with Gasteiger partial charge in [-0.3, -0.25) is 4.68 Å². The zero-order valence-corrected chi connectivity index (χ0v) is 21.8. The maximum absolute atomic E-state index is 12.5. The number of aryl methyl sites for hydroxylation is 1. The summed E-state index contributed by atoms with van der Waals surface area (Å²) >= 11 is 0. The number of amides is 1. The van der Waals surface area contributed by atoms with Gasteiger partial charge in [-0.2, -0.15) is 5.10 Å². The number of piperazine rings is 1. The molecule has 36 heavy (non-hydrogen) atoms. The molecule has 2 aromatic heterocycles. The minimum atomic E-state index is -0.495. The van der Waals surface area contributed by atoms with Crippen LogP contribution in [-0.4, -0.2) is 70.2 Å². The van der Waals surface area contributed by atoms with Crippen LogP contribution in [0.1, 0.15) is 44.7 Å². The molecule has 0 bridgehead atoms. The van der Waals surface area contributed by atoms with Gasteiger partial charge in [0.05, 0.1) is 23.3 Å². The summed E-state index contributed by atoms with van der Waals surface area (Å²) in [5.41, 5.74) is 4.21. The van der Waals surface area contributed by atoms with Crippen LogP contribution in [0.2, 0.25) is 0 Å². The molecule has 2 aliphatic heterocycles. The van der Waals surface area contributed by atoms with E-state index in [1.54, 1.807) is 4.90 Å². The first-order chi connectivity index (χ1) is 17.2. The van der Waals surface area contributed by atoms with Gasteiger partial charge in [0, 0.05) is 46.0 Å². The van der Waals surface area contributed by atoms with Gasteiger partial charge in [-0.25, -0.2) is 9.78 Å². The molecule has 1 aromatic carbocycles. The number of pyridine rings is 1. The van der Waals surface area contributed by atoms with Gasteiger partial charge >= 0.3 is 6.09 Å². The van der Waals surface area contributed by atoms with Crippen LogP contribution in [0.5, 0.6) is 5.75 Å². The molecule has 0 radical (unpaired) electrons. The highest BCUT2D eigenvalue weighted by Crippen LogP contribution is 2.35. The van der Waals surface area contributed by atoms with Crippen LogP contribution < -0.4 is 15.0 Å². The fraction of sp³-hybridized carbons (Fsp3) is 0.519. The average Bonchev–Trinajstić information content (AvgIpc) is 3.23. The van der Waals surface area contributed by atoms with Crippen molar-refractivity contribution in [1.82, 2.24) is 25.0 Å². The summed E-state index contributed by atoms with van der Waals surface area (Å²) in [5.74, 6) is 1.22. The van der Waals surface area contributed by atoms with Crippen LogP contribution in [0.25, 0.3) is 11.0 Å². The molecule has 2 aliphatic rings. The number of nitrogens with zero attached hydrogens (tertiary/aromatic N) is 5. The topological polar surface area (TPSA) is 84.8 Å². The van der Waals surface area contributed by atoms with Gasteiger partial charge < -0.3 is 24.6 Å². The zero-order valence-electron chi connectivity index (χ0n) is 21.8. The summed E-state index contributed by atoms with van der Waals surface area (Å²) in [6.45, 7) is 12.1. The summed E-state index contributed by atoms with van der Waals surface area (Å²) in [6.07, 6.45) is 3.50. The van der Waals surface area contributed by atoms with E-state index in [9.17, 15) is 4.79 Å². The van der Waals surface area contributed by atoms with Crippen molar-refractivity contribution in [3.63, 3.8) is 0 Å². The molecular weight excluding hydrogens is 456 g/mol. The van der Waals surface area contributed by atoms with Gasteiger partial charge in [-0.05, 0) is 56.0 Å². The second kappa shape index (κ2) is 9.61. The number of fused-ring (bicyclic) bond motifs is 2. The van der Waals surface area contributed by atoms with Gasteiger partial charge in [0.1, 0.15) is 18.0 Å². The summed E-state index contributed by atoms with van der Waals surface area (Å²) in [4.78, 5) is 21.1. The fourth-order valence-corrected chi connectivity index (χ4v) is 5.08. The Labute approximate surface area is 212 Å². The third kappa shape index (κ3) is 5.11. The highest BCUT2D eigenvalue weighted by Gasteiger charge is 2.28. The molecule has 5 rings (SSSR count). The maximum Gasteiger partial charge on any atom is 0.410 e. The van der Waals surface area contributed by atoms with Crippen molar-refractivity contribution in [2.75, 3.05) is 37.7 Å². The smallest absolute Gasteiger partial charge is 0.410 e. The molecule has 3 aromatic rings. The first-order valence-electron chi connectivity index (χ1n) is 12.7. The maximum atomic E-state index is 12.5. The molecular formula is C27H36N6O3. The number of hydrogen-bond donors (Lipinski definition) is 1. The average molecular weight is 493 g/mol. The van der Waals surface area contributed by atoms with E-state index in [0.29, 0.717) is 25.6 Å². The van der Waals surface area contributed by atoms with Crippen molar-refractivity contribution in [3.8, 4) is 5.75 Å². The van der Waals surface area contributed by atoms with Crippen LogP contribution in [0.15, 0.2) is 36.7 Å². The summed E-state index contributed by atoms with van der Waals surface area (Å²) in [7, 11) is 1.92. The van der Waals surface area contributed by atoms with E-state index in [2.05, 4.69) is 51.5 Å². The monoisotopic (exact) mass is 492 g/mol. The Bertz CT molecular complexity index is 1250. The lowest BCUT2D eigenvalue weighted by atomic mass is 9.90. The lowest BCUT2D eigenvalue weighted by Gasteiger charge is -2.36. The van der Waals surface area contributed by atoms with E-state index in [0.717, 1.165) is 36.4 Å². The number of carbonyl (C=O) groups is 1. The molecule has 1 amide bonds. The molecule has 4 heterocycles. The number of anilines is 1. The van der Waals surface area contributed by atoms with Crippen molar-refractivity contribution in [2.24, 2.45) is 7.05 Å². The van der Waals surface area contributed by atoms with Crippen LogP contribution in [-0.2, 0) is 18.3 Å². The number of hydrogen-bond acceptors (Lipinski definition) is 7. The van der Waals surface area contributed by atoms with E-state index < -0.39 is 5.60 Å². The van der Waals surface area contributed by atoms with E-state index in [4.69, 9.17) is 9.47 Å². The number of carbonyl (C=O) groups excluding carboxylic acids is 1. The Hall–Kier alpha value is -3.33. The molecule has 1 fully saturated rings. The Balaban J connectivity index is 1.23. The molecule has 0 unspecified atom stereocenters. The van der Waals surface area contributed by atoms with Gasteiger partial charge in [-0.1, -0.05) is 13.0 Å². The first kappa shape index (κ1) is 24.4. The van der Waals surface area contributed by atoms with Crippen molar-refractivity contribution in [3.05, 3.63) is 47.8 Å². The van der Waals surface area contributed by atoms with Gasteiger partial charge in [0.25, 0.3) is 0 Å². The number of benzene rings is 1. The van der Waals surface area contributed by atoms with Crippen molar-refractivity contribution in [1.29, 1.82) is 0 Å². The van der Waals surface area contributed by atoms with Crippen molar-refractivity contribution in [2.45, 2.75) is 51.8 Å². The highest BCUT2D eigenvalue weighted by atomic mass is 16.6. The van der Waals surface area contributed by atoms with Crippen LogP contribution in [0.4, 0.5) is 10.5 Å². The van der Waals surface area contributed by atoms with Gasteiger partial charge in [0.2, 0.25) is 0 Å². The zero-order chi connectivity index (χ0) is 25.4. The molecule has 2 atom stereocenters. The predicted octanol–water partition coefficient (Wildman–Crippen LogP) is 3.68. The Morgan fingerprint density at radius 1 is 1.22 bits per heavy atom. The first-order valence-corrected chi connectivity index (χ1v) is 12.7. The molecule has 192 valence electrons. The molecule has 0 aliphatic carbocycles. The number of nitrogens with one attached hydrogen (secondary N) is 1. The van der Waals surface area contributed by atoms with Gasteiger partial charge in [0.15, 0.2) is 5.65 Å². The van der Waals surface area contributed by atoms with Crippen LogP contribution >= 0.6 is 0 Å². The molecule has 1 N–H and O–H groups in total. The molecule has 0 spiro atoms. The van der Waals surface area contributed by atoms with E-state index in [1.165, 1.54) is 16.8 Å². The van der Waals surface area contributed by atoms with Crippen LogP contribution in [0.3, 0.4) is 0 Å². The summed E-state index contributed by atoms with van der Waals surface area (Å²) in [6, 6.07) is 8.55. The normalized spacial score (nSPS) is 20.4. The Morgan fingerprint density at radius 3 is 2.86 bits per heavy atom. The molecule has 9 heteroatoms. The minimum absolute atomic E-state index is 0.0591.